The second-order valence-electron chi connectivity index (χ2n) is 5.76. The maximum Gasteiger partial charge on any atom is 0.255 e. The molecule has 1 aliphatic heterocycles. The van der Waals surface area contributed by atoms with Crippen molar-refractivity contribution in [1.29, 1.82) is 0 Å². The standard InChI is InChI=1S/C17H24N2O4/c1-12-10-19(11-13(2)23-12)16(20)8-9-18-17(21)14-6-4-5-7-15(14)22-3/h4-7,12-13H,8-11H2,1-3H3,(H,18,21)/t12-,13-/m0/s1. The van der Waals surface area contributed by atoms with Crippen molar-refractivity contribution < 1.29 is 19.1 Å². The number of para-hydroxylation sites is 1. The summed E-state index contributed by atoms with van der Waals surface area (Å²) < 4.78 is 10.8. The van der Waals surface area contributed by atoms with Gasteiger partial charge in [0.1, 0.15) is 5.75 Å². The van der Waals surface area contributed by atoms with Crippen molar-refractivity contribution >= 4 is 11.8 Å². The number of benzene rings is 1. The predicted molar refractivity (Wildman–Crippen MR) is 86.5 cm³/mol. The number of amides is 2. The van der Waals surface area contributed by atoms with E-state index in [-0.39, 0.29) is 30.4 Å². The lowest BCUT2D eigenvalue weighted by molar-refractivity contribution is -0.143. The summed E-state index contributed by atoms with van der Waals surface area (Å²) in [7, 11) is 1.52. The average Bonchev–Trinajstić information content (AvgIpc) is 2.53. The van der Waals surface area contributed by atoms with Gasteiger partial charge in [-0.25, -0.2) is 0 Å². The van der Waals surface area contributed by atoms with E-state index in [1.807, 2.05) is 13.8 Å². The van der Waals surface area contributed by atoms with Crippen LogP contribution in [0.3, 0.4) is 0 Å². The summed E-state index contributed by atoms with van der Waals surface area (Å²) in [6.45, 7) is 5.42. The number of rotatable bonds is 5. The van der Waals surface area contributed by atoms with E-state index >= 15 is 0 Å². The van der Waals surface area contributed by atoms with Gasteiger partial charge in [0, 0.05) is 26.1 Å². The molecule has 2 atom stereocenters. The largest absolute Gasteiger partial charge is 0.496 e. The fourth-order valence-electron chi connectivity index (χ4n) is 2.75. The van der Waals surface area contributed by atoms with Gasteiger partial charge in [0.15, 0.2) is 0 Å². The molecular weight excluding hydrogens is 296 g/mol. The van der Waals surface area contributed by atoms with Gasteiger partial charge in [-0.1, -0.05) is 12.1 Å². The summed E-state index contributed by atoms with van der Waals surface area (Å²) in [6, 6.07) is 7.01. The van der Waals surface area contributed by atoms with Gasteiger partial charge in [0.2, 0.25) is 5.91 Å². The highest BCUT2D eigenvalue weighted by molar-refractivity contribution is 5.97. The van der Waals surface area contributed by atoms with Gasteiger partial charge in [-0.15, -0.1) is 0 Å². The van der Waals surface area contributed by atoms with Crippen molar-refractivity contribution in [3.05, 3.63) is 29.8 Å². The van der Waals surface area contributed by atoms with Crippen LogP contribution in [0.2, 0.25) is 0 Å². The fraction of sp³-hybridized carbons (Fsp3) is 0.529. The second-order valence-corrected chi connectivity index (χ2v) is 5.76. The second kappa shape index (κ2) is 7.97. The molecule has 1 aromatic carbocycles. The first-order valence-electron chi connectivity index (χ1n) is 7.85. The fourth-order valence-corrected chi connectivity index (χ4v) is 2.75. The van der Waals surface area contributed by atoms with Gasteiger partial charge < -0.3 is 19.7 Å². The number of nitrogens with zero attached hydrogens (tertiary/aromatic N) is 1. The highest BCUT2D eigenvalue weighted by atomic mass is 16.5. The molecule has 1 aromatic rings. The molecule has 0 bridgehead atoms. The number of hydrogen-bond donors (Lipinski definition) is 1. The van der Waals surface area contributed by atoms with Crippen LogP contribution in [-0.4, -0.2) is 55.7 Å². The molecule has 1 N–H and O–H groups in total. The number of carbonyl (C=O) groups is 2. The lowest BCUT2D eigenvalue weighted by Crippen LogP contribution is -2.48. The van der Waals surface area contributed by atoms with E-state index in [1.165, 1.54) is 7.11 Å². The van der Waals surface area contributed by atoms with Gasteiger partial charge in [-0.05, 0) is 26.0 Å². The van der Waals surface area contributed by atoms with Crippen molar-refractivity contribution in [3.8, 4) is 5.75 Å². The summed E-state index contributed by atoms with van der Waals surface area (Å²) in [6.07, 6.45) is 0.372. The molecule has 0 saturated carbocycles. The minimum Gasteiger partial charge on any atom is -0.496 e. The van der Waals surface area contributed by atoms with E-state index in [0.717, 1.165) is 0 Å². The predicted octanol–water partition coefficient (Wildman–Crippen LogP) is 1.45. The van der Waals surface area contributed by atoms with Crippen LogP contribution in [0.5, 0.6) is 5.75 Å². The molecule has 6 heteroatoms. The molecular formula is C17H24N2O4. The Hall–Kier alpha value is -2.08. The molecule has 23 heavy (non-hydrogen) atoms. The molecule has 0 unspecified atom stereocenters. The number of methoxy groups -OCH3 is 1. The van der Waals surface area contributed by atoms with Crippen molar-refractivity contribution in [2.75, 3.05) is 26.7 Å². The zero-order valence-corrected chi connectivity index (χ0v) is 13.9. The summed E-state index contributed by atoms with van der Waals surface area (Å²) >= 11 is 0. The molecule has 0 aliphatic carbocycles. The average molecular weight is 320 g/mol. The monoisotopic (exact) mass is 320 g/mol. The molecule has 0 spiro atoms. The summed E-state index contributed by atoms with van der Waals surface area (Å²) in [5, 5.41) is 2.77. The highest BCUT2D eigenvalue weighted by Crippen LogP contribution is 2.17. The maximum absolute atomic E-state index is 12.2. The van der Waals surface area contributed by atoms with E-state index in [1.54, 1.807) is 29.2 Å². The smallest absolute Gasteiger partial charge is 0.255 e. The molecule has 0 aromatic heterocycles. The zero-order chi connectivity index (χ0) is 16.8. The van der Waals surface area contributed by atoms with E-state index in [9.17, 15) is 9.59 Å². The topological polar surface area (TPSA) is 67.9 Å². The zero-order valence-electron chi connectivity index (χ0n) is 13.9. The minimum absolute atomic E-state index is 0.0346. The normalized spacial score (nSPS) is 20.9. The van der Waals surface area contributed by atoms with E-state index in [0.29, 0.717) is 30.9 Å². The number of carbonyl (C=O) groups excluding carboxylic acids is 2. The number of ether oxygens (including phenoxy) is 2. The molecule has 126 valence electrons. The Kier molecular flexibility index (Phi) is 5.98. The van der Waals surface area contributed by atoms with Gasteiger partial charge in [0.05, 0.1) is 24.9 Å². The third kappa shape index (κ3) is 4.69. The number of nitrogens with one attached hydrogen (secondary N) is 1. The molecule has 2 rings (SSSR count). The van der Waals surface area contributed by atoms with Crippen LogP contribution in [0, 0.1) is 0 Å². The Bertz CT molecular complexity index is 551. The van der Waals surface area contributed by atoms with E-state index < -0.39 is 0 Å². The van der Waals surface area contributed by atoms with Crippen LogP contribution in [0.4, 0.5) is 0 Å². The Morgan fingerprint density at radius 3 is 2.57 bits per heavy atom. The van der Waals surface area contributed by atoms with E-state index in [4.69, 9.17) is 9.47 Å². The summed E-state index contributed by atoms with van der Waals surface area (Å²) in [4.78, 5) is 26.2. The molecule has 1 heterocycles. The van der Waals surface area contributed by atoms with Crippen molar-refractivity contribution in [1.82, 2.24) is 10.2 Å². The molecule has 2 amide bonds. The quantitative estimate of drug-likeness (QED) is 0.892. The third-order valence-electron chi connectivity index (χ3n) is 3.75. The third-order valence-corrected chi connectivity index (χ3v) is 3.75. The lowest BCUT2D eigenvalue weighted by Gasteiger charge is -2.35. The van der Waals surface area contributed by atoms with Crippen LogP contribution in [-0.2, 0) is 9.53 Å². The molecule has 1 aliphatic rings. The minimum atomic E-state index is -0.237. The van der Waals surface area contributed by atoms with Crippen LogP contribution in [0.1, 0.15) is 30.6 Å². The Morgan fingerprint density at radius 1 is 1.26 bits per heavy atom. The highest BCUT2D eigenvalue weighted by Gasteiger charge is 2.25. The lowest BCUT2D eigenvalue weighted by atomic mass is 10.2. The van der Waals surface area contributed by atoms with Crippen molar-refractivity contribution in [2.24, 2.45) is 0 Å². The van der Waals surface area contributed by atoms with Gasteiger partial charge >= 0.3 is 0 Å². The SMILES string of the molecule is COc1ccccc1C(=O)NCCC(=O)N1C[C@H](C)O[C@@H](C)C1. The number of hydrogen-bond acceptors (Lipinski definition) is 4. The molecule has 0 radical (unpaired) electrons. The summed E-state index contributed by atoms with van der Waals surface area (Å²) in [5.74, 6) is 0.318. The van der Waals surface area contributed by atoms with Gasteiger partial charge in [-0.2, -0.15) is 0 Å². The van der Waals surface area contributed by atoms with Crippen molar-refractivity contribution in [2.45, 2.75) is 32.5 Å². The molecule has 6 nitrogen and oxygen atoms in total. The van der Waals surface area contributed by atoms with Crippen LogP contribution < -0.4 is 10.1 Å². The molecule has 1 fully saturated rings. The van der Waals surface area contributed by atoms with Crippen LogP contribution >= 0.6 is 0 Å². The van der Waals surface area contributed by atoms with E-state index in [2.05, 4.69) is 5.32 Å². The Balaban J connectivity index is 1.82. The number of morpholine rings is 1. The Labute approximate surface area is 136 Å². The maximum atomic E-state index is 12.2. The summed E-state index contributed by atoms with van der Waals surface area (Å²) in [5.41, 5.74) is 0.469. The first-order chi connectivity index (χ1) is 11.0. The molecule has 1 saturated heterocycles. The Morgan fingerprint density at radius 2 is 1.91 bits per heavy atom. The van der Waals surface area contributed by atoms with Crippen molar-refractivity contribution in [3.63, 3.8) is 0 Å². The first kappa shape index (κ1) is 17.3. The first-order valence-corrected chi connectivity index (χ1v) is 7.85. The van der Waals surface area contributed by atoms with Crippen LogP contribution in [0.25, 0.3) is 0 Å². The van der Waals surface area contributed by atoms with Gasteiger partial charge in [-0.3, -0.25) is 9.59 Å². The van der Waals surface area contributed by atoms with Gasteiger partial charge in [0.25, 0.3) is 5.91 Å². The van der Waals surface area contributed by atoms with Crippen LogP contribution in [0.15, 0.2) is 24.3 Å².